The van der Waals surface area contributed by atoms with Gasteiger partial charge >= 0.3 is 0 Å². The van der Waals surface area contributed by atoms with Gasteiger partial charge < -0.3 is 24.1 Å². The molecule has 0 spiro atoms. The summed E-state index contributed by atoms with van der Waals surface area (Å²) in [7, 11) is 0. The maximum Gasteiger partial charge on any atom is 0.258 e. The Balaban J connectivity index is 1.58. The van der Waals surface area contributed by atoms with Crippen LogP contribution in [0.4, 0.5) is 5.69 Å². The van der Waals surface area contributed by atoms with Gasteiger partial charge in [-0.1, -0.05) is 23.7 Å². The predicted octanol–water partition coefficient (Wildman–Crippen LogP) is 4.86. The zero-order valence-electron chi connectivity index (χ0n) is 15.6. The molecule has 1 amide bonds. The van der Waals surface area contributed by atoms with Gasteiger partial charge in [-0.05, 0) is 36.4 Å². The minimum absolute atomic E-state index is 0.0796. The molecule has 2 aromatic carbocycles. The third-order valence-corrected chi connectivity index (χ3v) is 5.35. The number of carbonyl (C=O) groups excluding carboxylic acids is 1. The Labute approximate surface area is 173 Å². The lowest BCUT2D eigenvalue weighted by Crippen LogP contribution is -2.42. The van der Waals surface area contributed by atoms with Crippen molar-refractivity contribution in [3.8, 4) is 11.5 Å². The molecule has 2 aliphatic rings. The van der Waals surface area contributed by atoms with Crippen LogP contribution in [-0.4, -0.2) is 24.0 Å². The van der Waals surface area contributed by atoms with Gasteiger partial charge in [0.15, 0.2) is 11.5 Å². The van der Waals surface area contributed by atoms with Crippen molar-refractivity contribution in [1.29, 1.82) is 0 Å². The van der Waals surface area contributed by atoms with Gasteiger partial charge in [0.05, 0.1) is 36.6 Å². The van der Waals surface area contributed by atoms with Crippen molar-refractivity contribution in [2.45, 2.75) is 19.1 Å². The molecule has 0 fully saturated rings. The average Bonchev–Trinajstić information content (AvgIpc) is 3.12. The smallest absolute Gasteiger partial charge is 0.258 e. The summed E-state index contributed by atoms with van der Waals surface area (Å²) in [6.45, 7) is 1.44. The number of ether oxygens (including phenoxy) is 2. The van der Waals surface area contributed by atoms with Crippen molar-refractivity contribution in [2.75, 3.05) is 18.5 Å². The minimum atomic E-state index is -0.433. The predicted molar refractivity (Wildman–Crippen MR) is 108 cm³/mol. The standard InChI is InChI=1S/C22H19ClN2O4/c23-17-11-14(12-19-20(17)29-10-4-9-28-19)21-24-18-7-2-1-6-16(18)22(26)25(21)13-15-5-3-8-27-15/h1-3,5-8,11-12,21,24H,4,9-10,13H2. The Morgan fingerprint density at radius 2 is 1.97 bits per heavy atom. The number of carbonyl (C=O) groups is 1. The van der Waals surface area contributed by atoms with E-state index in [9.17, 15) is 4.79 Å². The van der Waals surface area contributed by atoms with Crippen LogP contribution in [0.5, 0.6) is 11.5 Å². The van der Waals surface area contributed by atoms with Crippen LogP contribution < -0.4 is 14.8 Å². The van der Waals surface area contributed by atoms with Crippen LogP contribution in [0.2, 0.25) is 5.02 Å². The van der Waals surface area contributed by atoms with Gasteiger partial charge in [0, 0.05) is 17.7 Å². The Kier molecular flexibility index (Phi) is 4.56. The van der Waals surface area contributed by atoms with Crippen molar-refractivity contribution in [1.82, 2.24) is 4.90 Å². The van der Waals surface area contributed by atoms with E-state index >= 15 is 0 Å². The molecule has 29 heavy (non-hydrogen) atoms. The van der Waals surface area contributed by atoms with Gasteiger partial charge in [-0.15, -0.1) is 0 Å². The minimum Gasteiger partial charge on any atom is -0.489 e. The van der Waals surface area contributed by atoms with Gasteiger partial charge in [-0.25, -0.2) is 0 Å². The molecule has 0 saturated carbocycles. The third-order valence-electron chi connectivity index (χ3n) is 5.07. The van der Waals surface area contributed by atoms with E-state index in [0.29, 0.717) is 47.6 Å². The third kappa shape index (κ3) is 3.29. The number of furan rings is 1. The van der Waals surface area contributed by atoms with Gasteiger partial charge in [-0.2, -0.15) is 0 Å². The van der Waals surface area contributed by atoms with Gasteiger partial charge in [0.25, 0.3) is 5.91 Å². The highest BCUT2D eigenvalue weighted by atomic mass is 35.5. The molecule has 6 nitrogen and oxygen atoms in total. The molecule has 0 aliphatic carbocycles. The average molecular weight is 411 g/mol. The van der Waals surface area contributed by atoms with Crippen LogP contribution in [0.3, 0.4) is 0 Å². The molecule has 0 radical (unpaired) electrons. The van der Waals surface area contributed by atoms with Crippen molar-refractivity contribution in [3.63, 3.8) is 0 Å². The highest BCUT2D eigenvalue weighted by Gasteiger charge is 2.34. The summed E-state index contributed by atoms with van der Waals surface area (Å²) in [5.74, 6) is 1.76. The number of amides is 1. The number of nitrogens with one attached hydrogen (secondary N) is 1. The monoisotopic (exact) mass is 410 g/mol. The van der Waals surface area contributed by atoms with E-state index in [-0.39, 0.29) is 5.91 Å². The fourth-order valence-electron chi connectivity index (χ4n) is 3.70. The number of hydrogen-bond donors (Lipinski definition) is 1. The normalized spacial score (nSPS) is 18.0. The quantitative estimate of drug-likeness (QED) is 0.668. The van der Waals surface area contributed by atoms with E-state index in [1.165, 1.54) is 0 Å². The molecule has 1 unspecified atom stereocenters. The summed E-state index contributed by atoms with van der Waals surface area (Å²) in [6, 6.07) is 14.8. The van der Waals surface area contributed by atoms with Gasteiger partial charge in [0.2, 0.25) is 0 Å². The zero-order valence-corrected chi connectivity index (χ0v) is 16.3. The molecule has 3 aromatic rings. The van der Waals surface area contributed by atoms with Gasteiger partial charge in [-0.3, -0.25) is 4.79 Å². The van der Waals surface area contributed by atoms with Crippen LogP contribution in [0.25, 0.3) is 0 Å². The number of nitrogens with zero attached hydrogens (tertiary/aromatic N) is 1. The molecular formula is C22H19ClN2O4. The second-order valence-electron chi connectivity index (χ2n) is 6.99. The number of hydrogen-bond acceptors (Lipinski definition) is 5. The second kappa shape index (κ2) is 7.37. The number of anilines is 1. The van der Waals surface area contributed by atoms with Crippen LogP contribution in [0.1, 0.15) is 34.3 Å². The fourth-order valence-corrected chi connectivity index (χ4v) is 3.97. The van der Waals surface area contributed by atoms with Crippen LogP contribution >= 0.6 is 11.6 Å². The Morgan fingerprint density at radius 1 is 1.10 bits per heavy atom. The number of halogens is 1. The molecule has 7 heteroatoms. The van der Waals surface area contributed by atoms with Gasteiger partial charge in [0.1, 0.15) is 11.9 Å². The summed E-state index contributed by atoms with van der Waals surface area (Å²) >= 11 is 6.51. The topological polar surface area (TPSA) is 63.9 Å². The van der Waals surface area contributed by atoms with E-state index in [0.717, 1.165) is 17.7 Å². The van der Waals surface area contributed by atoms with Crippen molar-refractivity contribution in [2.24, 2.45) is 0 Å². The summed E-state index contributed by atoms with van der Waals surface area (Å²) in [5.41, 5.74) is 2.21. The largest absolute Gasteiger partial charge is 0.489 e. The Morgan fingerprint density at radius 3 is 2.83 bits per heavy atom. The molecule has 0 bridgehead atoms. The van der Waals surface area contributed by atoms with E-state index in [1.54, 1.807) is 11.2 Å². The van der Waals surface area contributed by atoms with Crippen LogP contribution in [0.15, 0.2) is 59.2 Å². The lowest BCUT2D eigenvalue weighted by atomic mass is 10.0. The van der Waals surface area contributed by atoms with Crippen LogP contribution in [0, 0.1) is 0 Å². The first-order chi connectivity index (χ1) is 14.2. The summed E-state index contributed by atoms with van der Waals surface area (Å²) in [6.07, 6.45) is 1.96. The first-order valence-corrected chi connectivity index (χ1v) is 9.86. The number of benzene rings is 2. The Hall–Kier alpha value is -3.12. The first-order valence-electron chi connectivity index (χ1n) is 9.48. The maximum atomic E-state index is 13.3. The van der Waals surface area contributed by atoms with E-state index in [2.05, 4.69) is 5.32 Å². The highest BCUT2D eigenvalue weighted by molar-refractivity contribution is 6.32. The molecule has 1 aromatic heterocycles. The van der Waals surface area contributed by atoms with Crippen LogP contribution in [-0.2, 0) is 6.54 Å². The Bertz CT molecular complexity index is 1050. The lowest BCUT2D eigenvalue weighted by molar-refractivity contribution is 0.0651. The maximum absolute atomic E-state index is 13.3. The second-order valence-corrected chi connectivity index (χ2v) is 7.39. The highest BCUT2D eigenvalue weighted by Crippen LogP contribution is 2.42. The lowest BCUT2D eigenvalue weighted by Gasteiger charge is -2.38. The molecular weight excluding hydrogens is 392 g/mol. The molecule has 5 rings (SSSR count). The summed E-state index contributed by atoms with van der Waals surface area (Å²) < 4.78 is 17.1. The number of fused-ring (bicyclic) bond motifs is 2. The fraction of sp³-hybridized carbons (Fsp3) is 0.227. The summed E-state index contributed by atoms with van der Waals surface area (Å²) in [4.78, 5) is 15.0. The van der Waals surface area contributed by atoms with E-state index in [1.807, 2.05) is 48.5 Å². The zero-order chi connectivity index (χ0) is 19.8. The molecule has 1 N–H and O–H groups in total. The number of rotatable bonds is 3. The van der Waals surface area contributed by atoms with Crippen molar-refractivity contribution >= 4 is 23.2 Å². The van der Waals surface area contributed by atoms with E-state index < -0.39 is 6.17 Å². The molecule has 0 saturated heterocycles. The molecule has 2 aliphatic heterocycles. The summed E-state index contributed by atoms with van der Waals surface area (Å²) in [5, 5.41) is 3.93. The van der Waals surface area contributed by atoms with E-state index in [4.69, 9.17) is 25.5 Å². The number of para-hydroxylation sites is 1. The van der Waals surface area contributed by atoms with Crippen molar-refractivity contribution < 1.29 is 18.7 Å². The SMILES string of the molecule is O=C1c2ccccc2NC(c2cc(Cl)c3c(c2)OCCCO3)N1Cc1ccco1. The van der Waals surface area contributed by atoms with Crippen molar-refractivity contribution in [3.05, 3.63) is 76.7 Å². The molecule has 148 valence electrons. The molecule has 3 heterocycles. The first kappa shape index (κ1) is 17.9. The molecule has 1 atom stereocenters.